The molecule has 35 heavy (non-hydrogen) atoms. The molecule has 0 atom stereocenters. The number of alkyl halides is 3. The molecule has 0 bridgehead atoms. The number of carbonyl (C=O) groups is 3. The second-order valence-corrected chi connectivity index (χ2v) is 8.43. The Morgan fingerprint density at radius 1 is 1.09 bits per heavy atom. The lowest BCUT2D eigenvalue weighted by Crippen LogP contribution is -2.35. The molecule has 1 aliphatic rings. The number of esters is 1. The van der Waals surface area contributed by atoms with Crippen LogP contribution < -0.4 is 5.32 Å². The standard InChI is InChI=1S/C25H24F3N3O4/c1-35-24(34)20-13-30(21-5-3-2-4-19(20)21)14-22(32)31(18-10-11-18)12-16-6-8-17(9-7-16)23(33)29-15-25(26,27)28/h2-9,13,18H,10-12,14-15H2,1H3,(H,29,33). The summed E-state index contributed by atoms with van der Waals surface area (Å²) in [5, 5.41) is 2.54. The fourth-order valence-electron chi connectivity index (χ4n) is 3.93. The molecule has 0 aliphatic heterocycles. The molecule has 1 aliphatic carbocycles. The highest BCUT2D eigenvalue weighted by Crippen LogP contribution is 2.30. The molecule has 1 aromatic heterocycles. The summed E-state index contributed by atoms with van der Waals surface area (Å²) in [5.41, 5.74) is 1.99. The predicted molar refractivity (Wildman–Crippen MR) is 122 cm³/mol. The number of benzene rings is 2. The molecule has 1 saturated carbocycles. The Hall–Kier alpha value is -3.82. The van der Waals surface area contributed by atoms with E-state index in [0.29, 0.717) is 17.5 Å². The lowest BCUT2D eigenvalue weighted by Gasteiger charge is -2.23. The summed E-state index contributed by atoms with van der Waals surface area (Å²) in [7, 11) is 1.31. The van der Waals surface area contributed by atoms with Crippen LogP contribution in [-0.2, 0) is 22.6 Å². The van der Waals surface area contributed by atoms with E-state index in [0.717, 1.165) is 23.9 Å². The van der Waals surface area contributed by atoms with Gasteiger partial charge in [-0.25, -0.2) is 4.79 Å². The van der Waals surface area contributed by atoms with Gasteiger partial charge in [-0.05, 0) is 36.6 Å². The van der Waals surface area contributed by atoms with Crippen LogP contribution in [0.15, 0.2) is 54.7 Å². The van der Waals surface area contributed by atoms with Gasteiger partial charge in [0.2, 0.25) is 5.91 Å². The zero-order valence-corrected chi connectivity index (χ0v) is 19.0. The summed E-state index contributed by atoms with van der Waals surface area (Å²) in [6.07, 6.45) is -1.11. The summed E-state index contributed by atoms with van der Waals surface area (Å²) in [4.78, 5) is 39.1. The Kier molecular flexibility index (Phi) is 6.81. The molecule has 3 aromatic rings. The van der Waals surface area contributed by atoms with Crippen molar-refractivity contribution >= 4 is 28.7 Å². The van der Waals surface area contributed by atoms with Gasteiger partial charge in [0.25, 0.3) is 5.91 Å². The average Bonchev–Trinajstić information content (AvgIpc) is 3.62. The second-order valence-electron chi connectivity index (χ2n) is 8.43. The molecule has 1 N–H and O–H groups in total. The third-order valence-electron chi connectivity index (χ3n) is 5.83. The zero-order chi connectivity index (χ0) is 25.2. The van der Waals surface area contributed by atoms with E-state index in [1.54, 1.807) is 33.9 Å². The number of aromatic nitrogens is 1. The van der Waals surface area contributed by atoms with E-state index >= 15 is 0 Å². The van der Waals surface area contributed by atoms with Crippen LogP contribution in [0.1, 0.15) is 39.1 Å². The lowest BCUT2D eigenvalue weighted by molar-refractivity contribution is -0.133. The summed E-state index contributed by atoms with van der Waals surface area (Å²) < 4.78 is 43.6. The maximum Gasteiger partial charge on any atom is 0.405 e. The van der Waals surface area contributed by atoms with E-state index in [1.165, 1.54) is 19.2 Å². The maximum atomic E-state index is 13.3. The predicted octanol–water partition coefficient (Wildman–Crippen LogP) is 3.91. The summed E-state index contributed by atoms with van der Waals surface area (Å²) >= 11 is 0. The van der Waals surface area contributed by atoms with Gasteiger partial charge in [0.1, 0.15) is 13.1 Å². The largest absolute Gasteiger partial charge is 0.465 e. The number of nitrogens with one attached hydrogen (secondary N) is 1. The maximum absolute atomic E-state index is 13.3. The monoisotopic (exact) mass is 487 g/mol. The van der Waals surface area contributed by atoms with Crippen molar-refractivity contribution in [3.05, 3.63) is 71.4 Å². The molecule has 1 fully saturated rings. The minimum absolute atomic E-state index is 0.0337. The van der Waals surface area contributed by atoms with E-state index in [4.69, 9.17) is 4.74 Å². The first-order chi connectivity index (χ1) is 16.7. The Morgan fingerprint density at radius 2 is 1.77 bits per heavy atom. The highest BCUT2D eigenvalue weighted by Gasteiger charge is 2.33. The summed E-state index contributed by atoms with van der Waals surface area (Å²) in [6.45, 7) is -1.06. The molecule has 4 rings (SSSR count). The van der Waals surface area contributed by atoms with E-state index in [1.807, 2.05) is 23.5 Å². The van der Waals surface area contributed by atoms with E-state index < -0.39 is 24.6 Å². The smallest absolute Gasteiger partial charge is 0.405 e. The molecule has 0 radical (unpaired) electrons. The van der Waals surface area contributed by atoms with Gasteiger partial charge >= 0.3 is 12.1 Å². The molecule has 10 heteroatoms. The number of methoxy groups -OCH3 is 1. The van der Waals surface area contributed by atoms with Crippen molar-refractivity contribution in [1.82, 2.24) is 14.8 Å². The van der Waals surface area contributed by atoms with Crippen LogP contribution >= 0.6 is 0 Å². The average molecular weight is 487 g/mol. The molecule has 184 valence electrons. The van der Waals surface area contributed by atoms with Crippen molar-refractivity contribution in [2.75, 3.05) is 13.7 Å². The van der Waals surface area contributed by atoms with Gasteiger partial charge in [-0.2, -0.15) is 13.2 Å². The van der Waals surface area contributed by atoms with E-state index in [-0.39, 0.29) is 24.1 Å². The molecular weight excluding hydrogens is 463 g/mol. The normalized spacial score (nSPS) is 13.5. The topological polar surface area (TPSA) is 80.6 Å². The van der Waals surface area contributed by atoms with Gasteiger partial charge in [0.05, 0.1) is 12.7 Å². The van der Waals surface area contributed by atoms with Crippen LogP contribution in [0, 0.1) is 0 Å². The molecular formula is C25H24F3N3O4. The molecule has 0 spiro atoms. The van der Waals surface area contributed by atoms with Crippen LogP contribution in [0.5, 0.6) is 0 Å². The number of carbonyl (C=O) groups excluding carboxylic acids is 3. The van der Waals surface area contributed by atoms with Crippen LogP contribution in [0.3, 0.4) is 0 Å². The minimum atomic E-state index is -4.48. The first kappa shape index (κ1) is 24.3. The number of nitrogens with zero attached hydrogens (tertiary/aromatic N) is 2. The fourth-order valence-corrected chi connectivity index (χ4v) is 3.93. The Balaban J connectivity index is 1.47. The number of rotatable bonds is 8. The summed E-state index contributed by atoms with van der Waals surface area (Å²) in [6, 6.07) is 13.5. The lowest BCUT2D eigenvalue weighted by atomic mass is 10.1. The molecule has 0 saturated heterocycles. The second kappa shape index (κ2) is 9.81. The van der Waals surface area contributed by atoms with Gasteiger partial charge in [-0.15, -0.1) is 0 Å². The SMILES string of the molecule is COC(=O)c1cn(CC(=O)N(Cc2ccc(C(=O)NCC(F)(F)F)cc2)C2CC2)c2ccccc12. The number of halogens is 3. The van der Waals surface area contributed by atoms with Crippen molar-refractivity contribution in [2.24, 2.45) is 0 Å². The highest BCUT2D eigenvalue weighted by molar-refractivity contribution is 6.04. The number of amides is 2. The number of hydrogen-bond donors (Lipinski definition) is 1. The fraction of sp³-hybridized carbons (Fsp3) is 0.320. The third-order valence-corrected chi connectivity index (χ3v) is 5.83. The zero-order valence-electron chi connectivity index (χ0n) is 19.0. The Bertz CT molecular complexity index is 1250. The Morgan fingerprint density at radius 3 is 2.40 bits per heavy atom. The third kappa shape index (κ3) is 5.82. The van der Waals surface area contributed by atoms with Gasteiger partial charge in [-0.3, -0.25) is 9.59 Å². The highest BCUT2D eigenvalue weighted by atomic mass is 19.4. The number of hydrogen-bond acceptors (Lipinski definition) is 4. The van der Waals surface area contributed by atoms with Crippen LogP contribution in [0.2, 0.25) is 0 Å². The molecule has 7 nitrogen and oxygen atoms in total. The number of ether oxygens (including phenoxy) is 1. The quantitative estimate of drug-likeness (QED) is 0.489. The Labute approximate surface area is 199 Å². The number of para-hydroxylation sites is 1. The van der Waals surface area contributed by atoms with Crippen LogP contribution in [0.25, 0.3) is 10.9 Å². The van der Waals surface area contributed by atoms with Crippen molar-refractivity contribution in [2.45, 2.75) is 38.1 Å². The van der Waals surface area contributed by atoms with Gasteiger partial charge < -0.3 is 19.5 Å². The molecule has 2 aromatic carbocycles. The van der Waals surface area contributed by atoms with E-state index in [9.17, 15) is 27.6 Å². The van der Waals surface area contributed by atoms with Crippen molar-refractivity contribution < 1.29 is 32.3 Å². The number of fused-ring (bicyclic) bond motifs is 1. The van der Waals surface area contributed by atoms with E-state index in [2.05, 4.69) is 0 Å². The first-order valence-corrected chi connectivity index (χ1v) is 11.1. The first-order valence-electron chi connectivity index (χ1n) is 11.1. The molecule has 2 amide bonds. The van der Waals surface area contributed by atoms with Gasteiger partial charge in [0, 0.05) is 35.2 Å². The van der Waals surface area contributed by atoms with Crippen molar-refractivity contribution in [3.8, 4) is 0 Å². The van der Waals surface area contributed by atoms with Crippen LogP contribution in [0.4, 0.5) is 13.2 Å². The van der Waals surface area contributed by atoms with Crippen molar-refractivity contribution in [3.63, 3.8) is 0 Å². The summed E-state index contributed by atoms with van der Waals surface area (Å²) in [5.74, 6) is -1.42. The van der Waals surface area contributed by atoms with Gasteiger partial charge in [-0.1, -0.05) is 30.3 Å². The molecule has 0 unspecified atom stereocenters. The van der Waals surface area contributed by atoms with Gasteiger partial charge in [0.15, 0.2) is 0 Å². The minimum Gasteiger partial charge on any atom is -0.465 e. The van der Waals surface area contributed by atoms with Crippen molar-refractivity contribution in [1.29, 1.82) is 0 Å². The van der Waals surface area contributed by atoms with Crippen LogP contribution in [-0.4, -0.2) is 53.1 Å². The molecule has 1 heterocycles.